The smallest absolute Gasteiger partial charge is 0.227 e. The zero-order valence-corrected chi connectivity index (χ0v) is 13.6. The maximum absolute atomic E-state index is 12.3. The molecule has 118 valence electrons. The molecule has 2 N–H and O–H groups in total. The highest BCUT2D eigenvalue weighted by Crippen LogP contribution is 2.27. The SMILES string of the molecule is CCCOc1cc(C)ccc1NC(=O)C1CCNCC1.Cl. The number of hydrogen-bond acceptors (Lipinski definition) is 3. The summed E-state index contributed by atoms with van der Waals surface area (Å²) in [6, 6.07) is 5.91. The maximum Gasteiger partial charge on any atom is 0.227 e. The summed E-state index contributed by atoms with van der Waals surface area (Å²) < 4.78 is 5.73. The number of anilines is 1. The molecule has 1 aliphatic rings. The van der Waals surface area contributed by atoms with Crippen LogP contribution in [0.5, 0.6) is 5.75 Å². The van der Waals surface area contributed by atoms with Crippen molar-refractivity contribution in [3.05, 3.63) is 23.8 Å². The number of nitrogens with one attached hydrogen (secondary N) is 2. The minimum absolute atomic E-state index is 0. The lowest BCUT2D eigenvalue weighted by atomic mass is 9.97. The van der Waals surface area contributed by atoms with Gasteiger partial charge < -0.3 is 15.4 Å². The summed E-state index contributed by atoms with van der Waals surface area (Å²) >= 11 is 0. The Labute approximate surface area is 133 Å². The van der Waals surface area contributed by atoms with Gasteiger partial charge in [0, 0.05) is 5.92 Å². The first-order chi connectivity index (χ1) is 9.70. The predicted molar refractivity (Wildman–Crippen MR) is 88.4 cm³/mol. The molecule has 0 unspecified atom stereocenters. The van der Waals surface area contributed by atoms with Crippen LogP contribution in [-0.2, 0) is 4.79 Å². The lowest BCUT2D eigenvalue weighted by Crippen LogP contribution is -2.34. The van der Waals surface area contributed by atoms with Gasteiger partial charge in [-0.05, 0) is 57.0 Å². The number of carbonyl (C=O) groups is 1. The standard InChI is InChI=1S/C16H24N2O2.ClH/c1-3-10-20-15-11-12(2)4-5-14(15)18-16(19)13-6-8-17-9-7-13;/h4-5,11,13,17H,3,6-10H2,1-2H3,(H,18,19);1H. The Morgan fingerprint density at radius 2 is 2.10 bits per heavy atom. The number of benzene rings is 1. The Hall–Kier alpha value is -1.26. The monoisotopic (exact) mass is 312 g/mol. The Morgan fingerprint density at radius 1 is 1.38 bits per heavy atom. The molecule has 4 nitrogen and oxygen atoms in total. The van der Waals surface area contributed by atoms with Crippen LogP contribution in [-0.4, -0.2) is 25.6 Å². The molecule has 1 aromatic rings. The number of rotatable bonds is 5. The van der Waals surface area contributed by atoms with Crippen LogP contribution in [0.4, 0.5) is 5.69 Å². The van der Waals surface area contributed by atoms with Gasteiger partial charge in [0.15, 0.2) is 0 Å². The molecule has 21 heavy (non-hydrogen) atoms. The van der Waals surface area contributed by atoms with Crippen molar-refractivity contribution in [3.8, 4) is 5.75 Å². The molecular formula is C16H25ClN2O2. The zero-order chi connectivity index (χ0) is 14.4. The highest BCUT2D eigenvalue weighted by atomic mass is 35.5. The fourth-order valence-corrected chi connectivity index (χ4v) is 2.38. The van der Waals surface area contributed by atoms with Crippen molar-refractivity contribution in [2.45, 2.75) is 33.1 Å². The van der Waals surface area contributed by atoms with Crippen LogP contribution in [0, 0.1) is 12.8 Å². The summed E-state index contributed by atoms with van der Waals surface area (Å²) in [6.45, 7) is 6.61. The van der Waals surface area contributed by atoms with Crippen molar-refractivity contribution in [1.82, 2.24) is 5.32 Å². The van der Waals surface area contributed by atoms with E-state index < -0.39 is 0 Å². The van der Waals surface area contributed by atoms with Gasteiger partial charge in [0.25, 0.3) is 0 Å². The molecular weight excluding hydrogens is 288 g/mol. The molecule has 0 aromatic heterocycles. The van der Waals surface area contributed by atoms with Gasteiger partial charge in [-0.1, -0.05) is 13.0 Å². The van der Waals surface area contributed by atoms with E-state index in [2.05, 4.69) is 17.6 Å². The Kier molecular flexibility index (Phi) is 7.54. The third kappa shape index (κ3) is 5.21. The van der Waals surface area contributed by atoms with E-state index in [-0.39, 0.29) is 24.2 Å². The van der Waals surface area contributed by atoms with Crippen molar-refractivity contribution in [1.29, 1.82) is 0 Å². The zero-order valence-electron chi connectivity index (χ0n) is 12.8. The average Bonchev–Trinajstić information content (AvgIpc) is 2.48. The summed E-state index contributed by atoms with van der Waals surface area (Å²) in [5, 5.41) is 6.30. The second-order valence-electron chi connectivity index (χ2n) is 5.36. The molecule has 0 saturated carbocycles. The van der Waals surface area contributed by atoms with Gasteiger partial charge in [0.1, 0.15) is 5.75 Å². The third-order valence-electron chi connectivity index (χ3n) is 3.57. The molecule has 1 amide bonds. The lowest BCUT2D eigenvalue weighted by Gasteiger charge is -2.22. The molecule has 0 radical (unpaired) electrons. The van der Waals surface area contributed by atoms with Gasteiger partial charge in [-0.25, -0.2) is 0 Å². The van der Waals surface area contributed by atoms with Crippen LogP contribution in [0.2, 0.25) is 0 Å². The van der Waals surface area contributed by atoms with Crippen molar-refractivity contribution in [2.24, 2.45) is 5.92 Å². The summed E-state index contributed by atoms with van der Waals surface area (Å²) in [4.78, 5) is 12.3. The van der Waals surface area contributed by atoms with Crippen molar-refractivity contribution in [2.75, 3.05) is 25.0 Å². The van der Waals surface area contributed by atoms with Crippen molar-refractivity contribution < 1.29 is 9.53 Å². The maximum atomic E-state index is 12.3. The summed E-state index contributed by atoms with van der Waals surface area (Å²) in [5.41, 5.74) is 1.92. The van der Waals surface area contributed by atoms with Crippen molar-refractivity contribution in [3.63, 3.8) is 0 Å². The van der Waals surface area contributed by atoms with Gasteiger partial charge in [-0.15, -0.1) is 12.4 Å². The largest absolute Gasteiger partial charge is 0.491 e. The quantitative estimate of drug-likeness (QED) is 0.878. The van der Waals surface area contributed by atoms with Crippen LogP contribution in [0.3, 0.4) is 0 Å². The first kappa shape index (κ1) is 17.8. The highest BCUT2D eigenvalue weighted by Gasteiger charge is 2.21. The first-order valence-corrected chi connectivity index (χ1v) is 7.45. The fraction of sp³-hybridized carbons (Fsp3) is 0.562. The number of halogens is 1. The molecule has 0 atom stereocenters. The minimum Gasteiger partial charge on any atom is -0.491 e. The molecule has 5 heteroatoms. The Balaban J connectivity index is 0.00000220. The number of amides is 1. The van der Waals surface area contributed by atoms with E-state index in [9.17, 15) is 4.79 Å². The number of aryl methyl sites for hydroxylation is 1. The summed E-state index contributed by atoms with van der Waals surface area (Å²) in [7, 11) is 0. The van der Waals surface area contributed by atoms with E-state index in [1.165, 1.54) is 0 Å². The van der Waals surface area contributed by atoms with E-state index in [0.717, 1.165) is 49.4 Å². The second-order valence-corrected chi connectivity index (χ2v) is 5.36. The van der Waals surface area contributed by atoms with Crippen LogP contribution >= 0.6 is 12.4 Å². The lowest BCUT2D eigenvalue weighted by molar-refractivity contribution is -0.120. The van der Waals surface area contributed by atoms with Gasteiger partial charge in [-0.2, -0.15) is 0 Å². The second kappa shape index (κ2) is 8.90. The predicted octanol–water partition coefficient (Wildman–Crippen LogP) is 3.14. The number of carbonyl (C=O) groups excluding carboxylic acids is 1. The summed E-state index contributed by atoms with van der Waals surface area (Å²) in [5.74, 6) is 0.988. The summed E-state index contributed by atoms with van der Waals surface area (Å²) in [6.07, 6.45) is 2.77. The minimum atomic E-state index is 0. The van der Waals surface area contributed by atoms with E-state index in [1.807, 2.05) is 25.1 Å². The van der Waals surface area contributed by atoms with Crippen LogP contribution in [0.25, 0.3) is 0 Å². The molecule has 1 aromatic carbocycles. The first-order valence-electron chi connectivity index (χ1n) is 7.45. The van der Waals surface area contributed by atoms with Gasteiger partial charge in [0.2, 0.25) is 5.91 Å². The van der Waals surface area contributed by atoms with Crippen LogP contribution < -0.4 is 15.4 Å². The van der Waals surface area contributed by atoms with E-state index >= 15 is 0 Å². The van der Waals surface area contributed by atoms with Gasteiger partial charge in [-0.3, -0.25) is 4.79 Å². The average molecular weight is 313 g/mol. The topological polar surface area (TPSA) is 50.4 Å². The van der Waals surface area contributed by atoms with Crippen LogP contribution in [0.15, 0.2) is 18.2 Å². The normalized spacial score (nSPS) is 15.1. The van der Waals surface area contributed by atoms with E-state index in [4.69, 9.17) is 4.74 Å². The number of piperidine rings is 1. The molecule has 2 rings (SSSR count). The molecule has 1 saturated heterocycles. The number of hydrogen-bond donors (Lipinski definition) is 2. The van der Waals surface area contributed by atoms with Crippen LogP contribution in [0.1, 0.15) is 31.7 Å². The molecule has 0 aliphatic carbocycles. The number of ether oxygens (including phenoxy) is 1. The van der Waals surface area contributed by atoms with Gasteiger partial charge >= 0.3 is 0 Å². The highest BCUT2D eigenvalue weighted by molar-refractivity contribution is 5.94. The Morgan fingerprint density at radius 3 is 2.76 bits per heavy atom. The third-order valence-corrected chi connectivity index (χ3v) is 3.57. The van der Waals surface area contributed by atoms with Gasteiger partial charge in [0.05, 0.1) is 12.3 Å². The fourth-order valence-electron chi connectivity index (χ4n) is 2.38. The molecule has 1 fully saturated rings. The van der Waals surface area contributed by atoms with E-state index in [1.54, 1.807) is 0 Å². The molecule has 1 heterocycles. The molecule has 0 spiro atoms. The van der Waals surface area contributed by atoms with E-state index in [0.29, 0.717) is 6.61 Å². The Bertz CT molecular complexity index is 460. The van der Waals surface area contributed by atoms with Crippen molar-refractivity contribution >= 4 is 24.0 Å². The molecule has 0 bridgehead atoms. The molecule has 1 aliphatic heterocycles.